The molecule has 6 heteroatoms. The minimum atomic E-state index is -0.536. The van der Waals surface area contributed by atoms with Crippen LogP contribution >= 0.6 is 11.3 Å². The summed E-state index contributed by atoms with van der Waals surface area (Å²) in [6.07, 6.45) is 1.99. The van der Waals surface area contributed by atoms with Gasteiger partial charge in [-0.25, -0.2) is 4.79 Å². The number of carbonyl (C=O) groups excluding carboxylic acids is 2. The second-order valence-electron chi connectivity index (χ2n) is 5.22. The van der Waals surface area contributed by atoms with Gasteiger partial charge in [-0.05, 0) is 13.8 Å². The number of thiophene rings is 1. The molecule has 0 saturated carbocycles. The Balaban J connectivity index is 3.21. The van der Waals surface area contributed by atoms with Crippen LogP contribution in [0.25, 0.3) is 0 Å². The number of allylic oxidation sites excluding steroid dienone is 1. The first-order valence-electron chi connectivity index (χ1n) is 6.71. The summed E-state index contributed by atoms with van der Waals surface area (Å²) in [5.41, 5.74) is 7.59. The molecule has 0 unspecified atom stereocenters. The number of esters is 1. The predicted molar refractivity (Wildman–Crippen MR) is 87.2 cm³/mol. The minimum Gasteiger partial charge on any atom is -0.465 e. The van der Waals surface area contributed by atoms with Crippen molar-refractivity contribution in [2.45, 2.75) is 27.7 Å². The van der Waals surface area contributed by atoms with Crippen molar-refractivity contribution in [3.8, 4) is 0 Å². The highest BCUT2D eigenvalue weighted by Crippen LogP contribution is 2.37. The van der Waals surface area contributed by atoms with Gasteiger partial charge in [0.05, 0.1) is 17.7 Å². The average Bonchev–Trinajstić information content (AvgIpc) is 2.73. The molecule has 0 aromatic carbocycles. The van der Waals surface area contributed by atoms with Crippen molar-refractivity contribution in [3.05, 3.63) is 22.1 Å². The van der Waals surface area contributed by atoms with Crippen LogP contribution in [-0.4, -0.2) is 25.4 Å². The van der Waals surface area contributed by atoms with Gasteiger partial charge in [0, 0.05) is 12.5 Å². The third kappa shape index (κ3) is 4.07. The molecule has 0 fully saturated rings. The molecule has 21 heavy (non-hydrogen) atoms. The fourth-order valence-corrected chi connectivity index (χ4v) is 2.87. The zero-order valence-electron chi connectivity index (χ0n) is 13.1. The number of ether oxygens (including phenoxy) is 1. The van der Waals surface area contributed by atoms with E-state index in [4.69, 9.17) is 10.5 Å². The number of nitrogens with one attached hydrogen (secondary N) is 1. The summed E-state index contributed by atoms with van der Waals surface area (Å²) in [6.45, 7) is 8.13. The fourth-order valence-electron chi connectivity index (χ4n) is 1.67. The normalized spacial score (nSPS) is 10.4. The molecular formula is C15H22N2O3S. The Bertz CT molecular complexity index is 570. The molecule has 1 aromatic heterocycles. The molecule has 116 valence electrons. The molecule has 0 spiro atoms. The molecule has 0 aliphatic rings. The zero-order chi connectivity index (χ0) is 16.2. The highest BCUT2D eigenvalue weighted by molar-refractivity contribution is 7.19. The Hall–Kier alpha value is -1.82. The average molecular weight is 310 g/mol. The van der Waals surface area contributed by atoms with Crippen LogP contribution in [0.4, 0.5) is 10.7 Å². The largest absolute Gasteiger partial charge is 0.465 e. The number of methoxy groups -OCH3 is 1. The van der Waals surface area contributed by atoms with Crippen molar-refractivity contribution in [1.82, 2.24) is 0 Å². The number of nitrogens with two attached hydrogens (primary N) is 1. The van der Waals surface area contributed by atoms with Crippen molar-refractivity contribution >= 4 is 33.8 Å². The maximum atomic E-state index is 12.2. The highest BCUT2D eigenvalue weighted by atomic mass is 32.1. The van der Waals surface area contributed by atoms with Gasteiger partial charge in [0.1, 0.15) is 10.6 Å². The van der Waals surface area contributed by atoms with Crippen LogP contribution in [0.2, 0.25) is 0 Å². The van der Waals surface area contributed by atoms with E-state index in [-0.39, 0.29) is 23.0 Å². The van der Waals surface area contributed by atoms with Crippen LogP contribution < -0.4 is 11.1 Å². The number of ketones is 1. The second-order valence-corrected chi connectivity index (χ2v) is 6.24. The van der Waals surface area contributed by atoms with Crippen molar-refractivity contribution in [1.29, 1.82) is 0 Å². The van der Waals surface area contributed by atoms with Crippen molar-refractivity contribution in [2.75, 3.05) is 24.7 Å². The van der Waals surface area contributed by atoms with Gasteiger partial charge in [-0.3, -0.25) is 4.79 Å². The lowest BCUT2D eigenvalue weighted by Crippen LogP contribution is -2.11. The SMILES string of the molecule is COC(=O)c1c(NCC=C(C)C)sc(C(=O)C(C)C)c1N. The van der Waals surface area contributed by atoms with E-state index in [9.17, 15) is 9.59 Å². The Labute approximate surface area is 129 Å². The van der Waals surface area contributed by atoms with Crippen molar-refractivity contribution in [3.63, 3.8) is 0 Å². The molecule has 0 saturated heterocycles. The number of nitrogen functional groups attached to an aromatic ring is 1. The van der Waals surface area contributed by atoms with Crippen LogP contribution in [0.15, 0.2) is 11.6 Å². The maximum Gasteiger partial charge on any atom is 0.343 e. The molecular weight excluding hydrogens is 288 g/mol. The Kier molecular flexibility index (Phi) is 5.96. The zero-order valence-corrected chi connectivity index (χ0v) is 13.9. The summed E-state index contributed by atoms with van der Waals surface area (Å²) >= 11 is 1.20. The fraction of sp³-hybridized carbons (Fsp3) is 0.467. The van der Waals surface area contributed by atoms with Crippen LogP contribution in [-0.2, 0) is 4.74 Å². The number of anilines is 2. The summed E-state index contributed by atoms with van der Waals surface area (Å²) in [7, 11) is 1.29. The molecule has 1 heterocycles. The molecule has 0 amide bonds. The summed E-state index contributed by atoms with van der Waals surface area (Å²) in [4.78, 5) is 24.5. The van der Waals surface area contributed by atoms with E-state index in [2.05, 4.69) is 5.32 Å². The molecule has 1 rings (SSSR count). The topological polar surface area (TPSA) is 81.4 Å². The van der Waals surface area contributed by atoms with Gasteiger partial charge in [-0.1, -0.05) is 25.5 Å². The Morgan fingerprint density at radius 3 is 2.48 bits per heavy atom. The van der Waals surface area contributed by atoms with Crippen LogP contribution in [0, 0.1) is 5.92 Å². The minimum absolute atomic E-state index is 0.0714. The van der Waals surface area contributed by atoms with E-state index in [1.807, 2.05) is 19.9 Å². The molecule has 5 nitrogen and oxygen atoms in total. The van der Waals surface area contributed by atoms with Gasteiger partial charge < -0.3 is 15.8 Å². The monoisotopic (exact) mass is 310 g/mol. The van der Waals surface area contributed by atoms with E-state index < -0.39 is 5.97 Å². The quantitative estimate of drug-likeness (QED) is 0.478. The molecule has 0 atom stereocenters. The molecule has 0 aliphatic carbocycles. The van der Waals surface area contributed by atoms with E-state index in [1.54, 1.807) is 13.8 Å². The van der Waals surface area contributed by atoms with Crippen LogP contribution in [0.1, 0.15) is 47.7 Å². The number of hydrogen-bond acceptors (Lipinski definition) is 6. The lowest BCUT2D eigenvalue weighted by molar-refractivity contribution is 0.0603. The van der Waals surface area contributed by atoms with Crippen LogP contribution in [0.3, 0.4) is 0 Å². The molecule has 0 bridgehead atoms. The number of carbonyl (C=O) groups is 2. The van der Waals surface area contributed by atoms with Crippen molar-refractivity contribution < 1.29 is 14.3 Å². The standard InChI is InChI=1S/C15H22N2O3S/c1-8(2)6-7-17-14-10(15(19)20-5)11(16)13(21-14)12(18)9(3)4/h6,9,17H,7,16H2,1-5H3. The molecule has 3 N–H and O–H groups in total. The second kappa shape index (κ2) is 7.26. The molecule has 0 aliphatic heterocycles. The number of hydrogen-bond donors (Lipinski definition) is 2. The summed E-state index contributed by atoms with van der Waals surface area (Å²) in [5, 5.41) is 3.69. The first-order chi connectivity index (χ1) is 9.79. The van der Waals surface area contributed by atoms with Gasteiger partial charge in [-0.2, -0.15) is 0 Å². The maximum absolute atomic E-state index is 12.2. The van der Waals surface area contributed by atoms with Gasteiger partial charge in [0.2, 0.25) is 0 Å². The lowest BCUT2D eigenvalue weighted by Gasteiger charge is -2.05. The van der Waals surface area contributed by atoms with E-state index >= 15 is 0 Å². The van der Waals surface area contributed by atoms with Gasteiger partial charge in [0.25, 0.3) is 0 Å². The summed E-state index contributed by atoms with van der Waals surface area (Å²) in [6, 6.07) is 0. The lowest BCUT2D eigenvalue weighted by atomic mass is 10.1. The summed E-state index contributed by atoms with van der Waals surface area (Å²) < 4.78 is 4.76. The first-order valence-corrected chi connectivity index (χ1v) is 7.53. The van der Waals surface area contributed by atoms with Crippen LogP contribution in [0.5, 0.6) is 0 Å². The van der Waals surface area contributed by atoms with Crippen molar-refractivity contribution in [2.24, 2.45) is 5.92 Å². The number of rotatable bonds is 6. The van der Waals surface area contributed by atoms with Gasteiger partial charge in [-0.15, -0.1) is 11.3 Å². The third-order valence-electron chi connectivity index (χ3n) is 2.86. The number of Topliss-reactive ketones (excluding diaryl/α,β-unsaturated/α-hetero) is 1. The Morgan fingerprint density at radius 2 is 2.00 bits per heavy atom. The smallest absolute Gasteiger partial charge is 0.343 e. The van der Waals surface area contributed by atoms with E-state index in [0.29, 0.717) is 16.4 Å². The highest BCUT2D eigenvalue weighted by Gasteiger charge is 2.26. The van der Waals surface area contributed by atoms with Gasteiger partial charge >= 0.3 is 5.97 Å². The molecule has 0 radical (unpaired) electrons. The van der Waals surface area contributed by atoms with E-state index in [0.717, 1.165) is 5.57 Å². The first kappa shape index (κ1) is 17.2. The molecule has 1 aromatic rings. The van der Waals surface area contributed by atoms with E-state index in [1.165, 1.54) is 18.4 Å². The predicted octanol–water partition coefficient (Wildman–Crippen LogP) is 3.33. The third-order valence-corrected chi connectivity index (χ3v) is 4.03. The Morgan fingerprint density at radius 1 is 1.38 bits per heavy atom. The van der Waals surface area contributed by atoms with Gasteiger partial charge in [0.15, 0.2) is 5.78 Å². The summed E-state index contributed by atoms with van der Waals surface area (Å²) in [5.74, 6) is -0.786.